The monoisotopic (exact) mass is 279 g/mol. The van der Waals surface area contributed by atoms with Gasteiger partial charge in [0.2, 0.25) is 5.91 Å². The van der Waals surface area contributed by atoms with E-state index in [0.717, 1.165) is 24.3 Å². The molecule has 1 aliphatic carbocycles. The minimum absolute atomic E-state index is 0.0596. The lowest BCUT2D eigenvalue weighted by atomic mass is 10.2. The molecule has 1 saturated carbocycles. The number of carbonyl (C=O) groups is 1. The van der Waals surface area contributed by atoms with Crippen LogP contribution in [0.3, 0.4) is 0 Å². The predicted octanol–water partition coefficient (Wildman–Crippen LogP) is 2.00. The Morgan fingerprint density at radius 3 is 3.05 bits per heavy atom. The number of hydrogen-bond acceptors (Lipinski definition) is 4. The molecule has 0 bridgehead atoms. The number of amides is 1. The van der Waals surface area contributed by atoms with Gasteiger partial charge >= 0.3 is 0 Å². The summed E-state index contributed by atoms with van der Waals surface area (Å²) in [6, 6.07) is 3.92. The Bertz CT molecular complexity index is 421. The maximum absolute atomic E-state index is 11.9. The van der Waals surface area contributed by atoms with Crippen LogP contribution in [0.1, 0.15) is 31.9 Å². The summed E-state index contributed by atoms with van der Waals surface area (Å²) < 4.78 is 0. The third kappa shape index (κ3) is 4.42. The molecule has 0 aliphatic heterocycles. The standard InChI is InChI=1S/C14H21N3OS/c1-2-19-13-6-5-12(7-13)17-14(18)8-11-4-3-10(15)9-16-11/h3-4,9,12-13H,2,5-8,15H2,1H3,(H,17,18). The summed E-state index contributed by atoms with van der Waals surface area (Å²) in [5.41, 5.74) is 6.96. The van der Waals surface area contributed by atoms with Crippen LogP contribution in [0.2, 0.25) is 0 Å². The maximum atomic E-state index is 11.9. The van der Waals surface area contributed by atoms with Gasteiger partial charge in [0.15, 0.2) is 0 Å². The van der Waals surface area contributed by atoms with Gasteiger partial charge in [0.05, 0.1) is 18.3 Å². The van der Waals surface area contributed by atoms with Gasteiger partial charge in [-0.1, -0.05) is 6.92 Å². The van der Waals surface area contributed by atoms with Crippen molar-refractivity contribution in [1.29, 1.82) is 0 Å². The Hall–Kier alpha value is -1.23. The van der Waals surface area contributed by atoms with E-state index in [0.29, 0.717) is 23.4 Å². The number of aromatic nitrogens is 1. The van der Waals surface area contributed by atoms with Crippen molar-refractivity contribution in [2.45, 2.75) is 43.9 Å². The number of rotatable bonds is 5. The van der Waals surface area contributed by atoms with Crippen molar-refractivity contribution < 1.29 is 4.79 Å². The summed E-state index contributed by atoms with van der Waals surface area (Å²) in [6.07, 6.45) is 5.33. The van der Waals surface area contributed by atoms with E-state index in [1.54, 1.807) is 18.3 Å². The fourth-order valence-electron chi connectivity index (χ4n) is 2.44. The third-order valence-electron chi connectivity index (χ3n) is 3.34. The van der Waals surface area contributed by atoms with Gasteiger partial charge in [0.25, 0.3) is 0 Å². The molecular formula is C14H21N3OS. The van der Waals surface area contributed by atoms with Crippen molar-refractivity contribution >= 4 is 23.4 Å². The zero-order chi connectivity index (χ0) is 13.7. The molecule has 4 nitrogen and oxygen atoms in total. The molecule has 2 unspecified atom stereocenters. The highest BCUT2D eigenvalue weighted by molar-refractivity contribution is 7.99. The summed E-state index contributed by atoms with van der Waals surface area (Å²) in [5.74, 6) is 1.21. The molecule has 1 aromatic rings. The zero-order valence-electron chi connectivity index (χ0n) is 11.3. The molecule has 1 amide bonds. The molecule has 1 fully saturated rings. The van der Waals surface area contributed by atoms with Crippen LogP contribution in [0.25, 0.3) is 0 Å². The minimum atomic E-state index is 0.0596. The zero-order valence-corrected chi connectivity index (χ0v) is 12.1. The highest BCUT2D eigenvalue weighted by Crippen LogP contribution is 2.29. The lowest BCUT2D eigenvalue weighted by Crippen LogP contribution is -2.34. The van der Waals surface area contributed by atoms with Gasteiger partial charge in [-0.15, -0.1) is 0 Å². The van der Waals surface area contributed by atoms with E-state index in [1.807, 2.05) is 11.8 Å². The molecule has 2 rings (SSSR count). The topological polar surface area (TPSA) is 68.0 Å². The molecule has 1 aromatic heterocycles. The Morgan fingerprint density at radius 1 is 1.53 bits per heavy atom. The second-order valence-electron chi connectivity index (χ2n) is 4.91. The maximum Gasteiger partial charge on any atom is 0.226 e. The Labute approximate surface area is 118 Å². The van der Waals surface area contributed by atoms with Gasteiger partial charge in [0, 0.05) is 17.0 Å². The fourth-order valence-corrected chi connectivity index (χ4v) is 3.58. The first-order valence-corrected chi connectivity index (χ1v) is 7.83. The second-order valence-corrected chi connectivity index (χ2v) is 6.49. The largest absolute Gasteiger partial charge is 0.397 e. The highest BCUT2D eigenvalue weighted by Gasteiger charge is 2.25. The van der Waals surface area contributed by atoms with E-state index in [1.165, 1.54) is 6.42 Å². The Balaban J connectivity index is 1.77. The van der Waals surface area contributed by atoms with E-state index in [9.17, 15) is 4.79 Å². The smallest absolute Gasteiger partial charge is 0.226 e. The van der Waals surface area contributed by atoms with Gasteiger partial charge in [-0.05, 0) is 37.1 Å². The molecule has 0 saturated heterocycles. The quantitative estimate of drug-likeness (QED) is 0.865. The van der Waals surface area contributed by atoms with E-state index >= 15 is 0 Å². The summed E-state index contributed by atoms with van der Waals surface area (Å²) in [5, 5.41) is 3.82. The number of nitrogens with two attached hydrogens (primary N) is 1. The van der Waals surface area contributed by atoms with Crippen LogP contribution in [0.15, 0.2) is 18.3 Å². The van der Waals surface area contributed by atoms with Crippen LogP contribution in [0.4, 0.5) is 5.69 Å². The number of pyridine rings is 1. The number of carbonyl (C=O) groups excluding carboxylic acids is 1. The van der Waals surface area contributed by atoms with Crippen molar-refractivity contribution in [2.75, 3.05) is 11.5 Å². The average molecular weight is 279 g/mol. The molecule has 1 heterocycles. The van der Waals surface area contributed by atoms with E-state index in [-0.39, 0.29) is 5.91 Å². The number of hydrogen-bond donors (Lipinski definition) is 2. The van der Waals surface area contributed by atoms with Crippen LogP contribution in [0, 0.1) is 0 Å². The molecule has 5 heteroatoms. The lowest BCUT2D eigenvalue weighted by Gasteiger charge is -2.13. The third-order valence-corrected chi connectivity index (χ3v) is 4.57. The van der Waals surface area contributed by atoms with Gasteiger partial charge in [0.1, 0.15) is 0 Å². The van der Waals surface area contributed by atoms with Gasteiger partial charge in [-0.25, -0.2) is 0 Å². The summed E-state index contributed by atoms with van der Waals surface area (Å²) in [7, 11) is 0. The van der Waals surface area contributed by atoms with Gasteiger partial charge in [-0.2, -0.15) is 11.8 Å². The van der Waals surface area contributed by atoms with Gasteiger partial charge < -0.3 is 11.1 Å². The number of thioether (sulfide) groups is 1. The Morgan fingerprint density at radius 2 is 2.37 bits per heavy atom. The Kier molecular flexibility index (Phi) is 5.07. The summed E-state index contributed by atoms with van der Waals surface area (Å²) in [6.45, 7) is 2.18. The SMILES string of the molecule is CCSC1CCC(NC(=O)Cc2ccc(N)cn2)C1. The highest BCUT2D eigenvalue weighted by atomic mass is 32.2. The van der Waals surface area contributed by atoms with Crippen molar-refractivity contribution in [3.8, 4) is 0 Å². The van der Waals surface area contributed by atoms with E-state index < -0.39 is 0 Å². The van der Waals surface area contributed by atoms with Crippen molar-refractivity contribution in [3.63, 3.8) is 0 Å². The van der Waals surface area contributed by atoms with Crippen LogP contribution in [-0.2, 0) is 11.2 Å². The first-order chi connectivity index (χ1) is 9.17. The first kappa shape index (κ1) is 14.2. The molecule has 0 radical (unpaired) electrons. The number of nitrogen functional groups attached to an aromatic ring is 1. The van der Waals surface area contributed by atoms with Crippen molar-refractivity contribution in [1.82, 2.24) is 10.3 Å². The number of anilines is 1. The molecule has 2 atom stereocenters. The molecule has 3 N–H and O–H groups in total. The summed E-state index contributed by atoms with van der Waals surface area (Å²) >= 11 is 2.00. The van der Waals surface area contributed by atoms with E-state index in [4.69, 9.17) is 5.73 Å². The van der Waals surface area contributed by atoms with Crippen molar-refractivity contribution in [3.05, 3.63) is 24.0 Å². The molecule has 1 aliphatic rings. The molecule has 0 spiro atoms. The fraction of sp³-hybridized carbons (Fsp3) is 0.571. The number of nitrogens with zero attached hydrogens (tertiary/aromatic N) is 1. The van der Waals surface area contributed by atoms with Crippen LogP contribution in [0.5, 0.6) is 0 Å². The van der Waals surface area contributed by atoms with Crippen LogP contribution >= 0.6 is 11.8 Å². The first-order valence-electron chi connectivity index (χ1n) is 6.78. The lowest BCUT2D eigenvalue weighted by molar-refractivity contribution is -0.121. The second kappa shape index (κ2) is 6.80. The molecule has 19 heavy (non-hydrogen) atoms. The predicted molar refractivity (Wildman–Crippen MR) is 80.1 cm³/mol. The average Bonchev–Trinajstić information content (AvgIpc) is 2.80. The van der Waals surface area contributed by atoms with Crippen LogP contribution < -0.4 is 11.1 Å². The van der Waals surface area contributed by atoms with Gasteiger partial charge in [-0.3, -0.25) is 9.78 Å². The molecule has 104 valence electrons. The minimum Gasteiger partial charge on any atom is -0.397 e. The van der Waals surface area contributed by atoms with E-state index in [2.05, 4.69) is 17.2 Å². The van der Waals surface area contributed by atoms with Crippen LogP contribution in [-0.4, -0.2) is 27.9 Å². The normalized spacial score (nSPS) is 22.4. The molecular weight excluding hydrogens is 258 g/mol. The van der Waals surface area contributed by atoms with Crippen molar-refractivity contribution in [2.24, 2.45) is 0 Å². The number of nitrogens with one attached hydrogen (secondary N) is 1. The summed E-state index contributed by atoms with van der Waals surface area (Å²) in [4.78, 5) is 16.1. The molecule has 0 aromatic carbocycles.